The molecular weight excluding hydrogens is 286 g/mol. The Kier molecular flexibility index (Phi) is 7.05. The number of anilines is 1. The summed E-state index contributed by atoms with van der Waals surface area (Å²) in [7, 11) is 0. The van der Waals surface area contributed by atoms with Crippen LogP contribution in [-0.2, 0) is 6.42 Å². The van der Waals surface area contributed by atoms with Crippen molar-refractivity contribution < 1.29 is 15.2 Å². The summed E-state index contributed by atoms with van der Waals surface area (Å²) in [6, 6.07) is 14.5. The minimum Gasteiger partial charge on any atom is -0.396 e. The average molecular weight is 301 g/mol. The number of hydrogen-bond donors (Lipinski definition) is 3. The Hall–Kier alpha value is -2.95. The highest BCUT2D eigenvalue weighted by atomic mass is 16.6. The smallest absolute Gasteiger partial charge is 0.269 e. The molecule has 0 aliphatic carbocycles. The van der Waals surface area contributed by atoms with Crippen LogP contribution >= 0.6 is 0 Å². The first-order valence-corrected chi connectivity index (χ1v) is 6.35. The summed E-state index contributed by atoms with van der Waals surface area (Å²) in [5, 5.41) is 35.5. The second-order valence-electron chi connectivity index (χ2n) is 4.20. The van der Waals surface area contributed by atoms with Crippen molar-refractivity contribution in [2.45, 2.75) is 6.42 Å². The third-order valence-corrected chi connectivity index (χ3v) is 2.69. The average Bonchev–Trinajstić information content (AvgIpc) is 2.56. The van der Waals surface area contributed by atoms with Crippen LogP contribution < -0.4 is 5.48 Å². The summed E-state index contributed by atoms with van der Waals surface area (Å²) in [5.41, 5.74) is 4.18. The molecule has 7 nitrogen and oxygen atoms in total. The predicted octanol–water partition coefficient (Wildman–Crippen LogP) is 2.49. The van der Waals surface area contributed by atoms with E-state index in [-0.39, 0.29) is 12.3 Å². The van der Waals surface area contributed by atoms with Gasteiger partial charge in [0.15, 0.2) is 0 Å². The summed E-state index contributed by atoms with van der Waals surface area (Å²) in [4.78, 5) is 9.62. The fourth-order valence-electron chi connectivity index (χ4n) is 1.53. The Morgan fingerprint density at radius 1 is 1.14 bits per heavy atom. The van der Waals surface area contributed by atoms with E-state index < -0.39 is 4.92 Å². The summed E-state index contributed by atoms with van der Waals surface area (Å²) >= 11 is 0. The number of aliphatic hydroxyl groups excluding tert-OH is 1. The van der Waals surface area contributed by atoms with E-state index in [1.54, 1.807) is 12.1 Å². The van der Waals surface area contributed by atoms with Crippen LogP contribution in [0, 0.1) is 21.4 Å². The fraction of sp³-hybridized carbons (Fsp3) is 0.133. The summed E-state index contributed by atoms with van der Waals surface area (Å²) in [6.07, 6.45) is 0.658. The molecule has 0 fully saturated rings. The summed E-state index contributed by atoms with van der Waals surface area (Å²) in [5.74, 6) is 0. The monoisotopic (exact) mass is 301 g/mol. The molecule has 2 aromatic rings. The van der Waals surface area contributed by atoms with E-state index in [2.05, 4.69) is 0 Å². The molecule has 2 rings (SSSR count). The summed E-state index contributed by atoms with van der Waals surface area (Å²) in [6.45, 7) is 0.159. The van der Waals surface area contributed by atoms with Gasteiger partial charge in [0.1, 0.15) is 0 Å². The van der Waals surface area contributed by atoms with Crippen molar-refractivity contribution in [1.82, 2.24) is 0 Å². The molecule has 0 radical (unpaired) electrons. The Bertz CT molecular complexity index is 633. The molecular formula is C15H15N3O4. The van der Waals surface area contributed by atoms with Crippen LogP contribution in [0.25, 0.3) is 0 Å². The number of nitro benzene ring substituents is 1. The molecule has 0 saturated carbocycles. The van der Waals surface area contributed by atoms with E-state index >= 15 is 0 Å². The Morgan fingerprint density at radius 2 is 1.73 bits per heavy atom. The third kappa shape index (κ3) is 5.58. The number of nitro groups is 1. The molecule has 114 valence electrons. The van der Waals surface area contributed by atoms with Gasteiger partial charge in [-0.3, -0.25) is 20.8 Å². The fourth-order valence-corrected chi connectivity index (χ4v) is 1.53. The van der Waals surface area contributed by atoms with Crippen LogP contribution in [0.5, 0.6) is 0 Å². The second-order valence-corrected chi connectivity index (χ2v) is 4.20. The Balaban J connectivity index is 0.000000220. The molecule has 0 aliphatic heterocycles. The van der Waals surface area contributed by atoms with E-state index in [9.17, 15) is 10.1 Å². The first-order chi connectivity index (χ1) is 10.6. The van der Waals surface area contributed by atoms with Gasteiger partial charge < -0.3 is 5.11 Å². The van der Waals surface area contributed by atoms with E-state index in [1.807, 2.05) is 23.7 Å². The highest BCUT2D eigenvalue weighted by molar-refractivity contribution is 5.42. The molecule has 22 heavy (non-hydrogen) atoms. The van der Waals surface area contributed by atoms with Crippen molar-refractivity contribution in [3.63, 3.8) is 0 Å². The normalized spacial score (nSPS) is 9.14. The molecule has 0 heterocycles. The molecule has 0 aromatic heterocycles. The van der Waals surface area contributed by atoms with Gasteiger partial charge in [-0.25, -0.2) is 0 Å². The van der Waals surface area contributed by atoms with Crippen molar-refractivity contribution in [3.05, 3.63) is 69.8 Å². The number of rotatable bonds is 4. The maximum Gasteiger partial charge on any atom is 0.269 e. The van der Waals surface area contributed by atoms with E-state index in [4.69, 9.17) is 15.6 Å². The van der Waals surface area contributed by atoms with Gasteiger partial charge in [0.25, 0.3) is 5.69 Å². The molecule has 3 N–H and O–H groups in total. The predicted molar refractivity (Wildman–Crippen MR) is 80.5 cm³/mol. The first-order valence-electron chi connectivity index (χ1n) is 6.35. The maximum absolute atomic E-state index is 10.1. The lowest BCUT2D eigenvalue weighted by Crippen LogP contribution is -1.92. The van der Waals surface area contributed by atoms with Crippen molar-refractivity contribution in [1.29, 1.82) is 5.26 Å². The molecule has 2 aromatic carbocycles. The SMILES string of the molecule is N#Cc1ccc([N+](=O)[O-])cc1.OCCc1ccc(NO)cc1. The third-order valence-electron chi connectivity index (χ3n) is 2.69. The number of aliphatic hydroxyl groups is 1. The molecule has 0 aliphatic rings. The number of non-ortho nitro benzene ring substituents is 1. The highest BCUT2D eigenvalue weighted by Gasteiger charge is 2.02. The zero-order chi connectivity index (χ0) is 16.4. The number of nitrogens with one attached hydrogen (secondary N) is 1. The van der Waals surface area contributed by atoms with Crippen LogP contribution in [0.15, 0.2) is 48.5 Å². The van der Waals surface area contributed by atoms with E-state index in [0.717, 1.165) is 5.56 Å². The van der Waals surface area contributed by atoms with Gasteiger partial charge in [0.2, 0.25) is 0 Å². The minimum atomic E-state index is -0.499. The molecule has 7 heteroatoms. The number of hydrogen-bond acceptors (Lipinski definition) is 6. The van der Waals surface area contributed by atoms with Crippen molar-refractivity contribution in [3.8, 4) is 6.07 Å². The highest BCUT2D eigenvalue weighted by Crippen LogP contribution is 2.10. The van der Waals surface area contributed by atoms with Crippen LogP contribution in [0.4, 0.5) is 11.4 Å². The second kappa shape index (κ2) is 9.07. The quantitative estimate of drug-likeness (QED) is 0.589. The first kappa shape index (κ1) is 17.1. The van der Waals surface area contributed by atoms with Crippen molar-refractivity contribution >= 4 is 11.4 Å². The molecule has 0 atom stereocenters. The van der Waals surface area contributed by atoms with Crippen LogP contribution in [0.1, 0.15) is 11.1 Å². The number of nitriles is 1. The molecule has 0 bridgehead atoms. The van der Waals surface area contributed by atoms with Gasteiger partial charge in [-0.15, -0.1) is 0 Å². The lowest BCUT2D eigenvalue weighted by molar-refractivity contribution is -0.384. The van der Waals surface area contributed by atoms with Gasteiger partial charge in [0, 0.05) is 18.7 Å². The number of benzene rings is 2. The molecule has 0 saturated heterocycles. The Labute approximate surface area is 127 Å². The lowest BCUT2D eigenvalue weighted by Gasteiger charge is -2.00. The van der Waals surface area contributed by atoms with E-state index in [0.29, 0.717) is 17.7 Å². The maximum atomic E-state index is 10.1. The Morgan fingerprint density at radius 3 is 2.14 bits per heavy atom. The molecule has 0 amide bonds. The van der Waals surface area contributed by atoms with Crippen LogP contribution in [0.3, 0.4) is 0 Å². The largest absolute Gasteiger partial charge is 0.396 e. The molecule has 0 spiro atoms. The zero-order valence-corrected chi connectivity index (χ0v) is 11.6. The zero-order valence-electron chi connectivity index (χ0n) is 11.6. The van der Waals surface area contributed by atoms with Gasteiger partial charge in [0.05, 0.1) is 22.2 Å². The van der Waals surface area contributed by atoms with E-state index in [1.165, 1.54) is 24.3 Å². The van der Waals surface area contributed by atoms with Gasteiger partial charge in [-0.2, -0.15) is 5.26 Å². The minimum absolute atomic E-state index is 0.00370. The summed E-state index contributed by atoms with van der Waals surface area (Å²) < 4.78 is 0. The standard InChI is InChI=1S/C8H11NO2.C7H4N2O2/c10-6-5-7-1-3-8(9-11)4-2-7;8-5-6-1-3-7(4-2-6)9(10)11/h1-4,9-11H,5-6H2;1-4H. The van der Waals surface area contributed by atoms with Gasteiger partial charge in [-0.05, 0) is 36.2 Å². The van der Waals surface area contributed by atoms with Crippen LogP contribution in [0.2, 0.25) is 0 Å². The van der Waals surface area contributed by atoms with Crippen molar-refractivity contribution in [2.75, 3.05) is 12.1 Å². The van der Waals surface area contributed by atoms with Crippen LogP contribution in [-0.4, -0.2) is 21.8 Å². The number of nitrogens with zero attached hydrogens (tertiary/aromatic N) is 2. The molecule has 0 unspecified atom stereocenters. The lowest BCUT2D eigenvalue weighted by atomic mass is 10.1. The van der Waals surface area contributed by atoms with Gasteiger partial charge >= 0.3 is 0 Å². The topological polar surface area (TPSA) is 119 Å². The van der Waals surface area contributed by atoms with Gasteiger partial charge in [-0.1, -0.05) is 12.1 Å². The van der Waals surface area contributed by atoms with Crippen molar-refractivity contribution in [2.24, 2.45) is 0 Å².